The van der Waals surface area contributed by atoms with Crippen molar-refractivity contribution >= 4 is 61.6 Å². The second-order valence-electron chi connectivity index (χ2n) is 29.6. The molecule has 0 bridgehead atoms. The first-order chi connectivity index (χ1) is 54.4. The lowest BCUT2D eigenvalue weighted by Gasteiger charge is -2.30. The monoisotopic (exact) mass is 1420 g/mol. The second kappa shape index (κ2) is 24.1. The number of hydrogen-bond acceptors (Lipinski definition) is 4. The smallest absolute Gasteiger partial charge is 0.129 e. The third kappa shape index (κ3) is 8.99. The first-order valence-electron chi connectivity index (χ1n) is 37.7. The number of nitrogens with zero attached hydrogens (tertiary/aromatic N) is 4. The van der Waals surface area contributed by atoms with Gasteiger partial charge in [0.05, 0.1) is 39.3 Å². The number of halogens is 1. The van der Waals surface area contributed by atoms with Gasteiger partial charge in [0, 0.05) is 33.4 Å². The highest BCUT2D eigenvalue weighted by atomic mass is 32.1. The highest BCUT2D eigenvalue weighted by molar-refractivity contribution is 7.00. The van der Waals surface area contributed by atoms with Crippen LogP contribution in [0.15, 0.2) is 382 Å². The van der Waals surface area contributed by atoms with Gasteiger partial charge >= 0.3 is 0 Å². The number of para-hydroxylation sites is 1. The molecule has 0 fully saturated rings. The highest BCUT2D eigenvalue weighted by Crippen LogP contribution is 2.65. The Hall–Kier alpha value is -13.9. The summed E-state index contributed by atoms with van der Waals surface area (Å²) >= 11 is 1.23. The van der Waals surface area contributed by atoms with Crippen LogP contribution in [0.2, 0.25) is 0 Å². The van der Waals surface area contributed by atoms with Crippen molar-refractivity contribution in [3.8, 4) is 117 Å². The van der Waals surface area contributed by atoms with Crippen LogP contribution in [0.5, 0.6) is 0 Å². The van der Waals surface area contributed by atoms with Crippen LogP contribution in [0, 0.1) is 5.82 Å². The molecule has 0 unspecified atom stereocenters. The normalized spacial score (nSPS) is 13.3. The molecule has 2 spiro atoms. The standard InChI is InChI=1S/C104H63FN4S/c105-75-48-38-64(39-49-75)65-40-50-77(51-41-65)108(76-16-2-1-3-17-76)100-59-56-79(101-102(100)107-110-106-101)70-42-52-78(53-43-70)109-98-57-46-71(66-30-34-68(35-31-66)73-44-54-86-84-22-8-14-28-94(84)103(96(86)62-73)90-24-10-4-18-80(90)81-19-5-11-25-91(81)103)60-88(98)89-61-72(47-58-99(89)109)67-32-36-69(37-33-67)74-45-55-87-85-23-9-15-29-95(85)104(97(87)63-74)92-26-12-6-20-82(92)83-21-7-13-27-93(83)104/h1-63H. The summed E-state index contributed by atoms with van der Waals surface area (Å²) in [5, 5.41) is 2.35. The number of fused-ring (bicyclic) bond motifs is 24. The zero-order chi connectivity index (χ0) is 72.3. The van der Waals surface area contributed by atoms with Crippen LogP contribution in [0.4, 0.5) is 21.5 Å². The van der Waals surface area contributed by atoms with Crippen LogP contribution in [0.1, 0.15) is 44.5 Å². The van der Waals surface area contributed by atoms with E-state index in [9.17, 15) is 4.39 Å². The lowest BCUT2D eigenvalue weighted by molar-refractivity contribution is 0.628. The minimum Gasteiger partial charge on any atom is -0.309 e. The number of hydrogen-bond donors (Lipinski definition) is 0. The summed E-state index contributed by atoms with van der Waals surface area (Å²) in [5.74, 6) is -0.254. The molecule has 0 saturated heterocycles. The molecular weight excluding hydrogens is 1360 g/mol. The van der Waals surface area contributed by atoms with Gasteiger partial charge in [-0.1, -0.05) is 285 Å². The van der Waals surface area contributed by atoms with Gasteiger partial charge in [0.2, 0.25) is 0 Å². The van der Waals surface area contributed by atoms with E-state index < -0.39 is 10.8 Å². The Kier molecular flexibility index (Phi) is 13.6. The fourth-order valence-electron chi connectivity index (χ4n) is 19.4. The zero-order valence-corrected chi connectivity index (χ0v) is 60.3. The fraction of sp³-hybridized carbons (Fsp3) is 0.0192. The van der Waals surface area contributed by atoms with Gasteiger partial charge in [-0.15, -0.1) is 0 Å². The summed E-state index contributed by atoms with van der Waals surface area (Å²) in [6.07, 6.45) is 0. The van der Waals surface area contributed by atoms with E-state index in [1.165, 1.54) is 146 Å². The molecule has 19 aromatic rings. The van der Waals surface area contributed by atoms with Crippen LogP contribution in [-0.4, -0.2) is 13.3 Å². The first-order valence-corrected chi connectivity index (χ1v) is 38.4. The molecule has 0 N–H and O–H groups in total. The lowest BCUT2D eigenvalue weighted by atomic mass is 9.70. The predicted octanol–water partition coefficient (Wildman–Crippen LogP) is 27.1. The highest BCUT2D eigenvalue weighted by Gasteiger charge is 2.53. The van der Waals surface area contributed by atoms with Crippen molar-refractivity contribution in [2.24, 2.45) is 0 Å². The molecule has 110 heavy (non-hydrogen) atoms. The molecule has 17 aromatic carbocycles. The molecule has 0 radical (unpaired) electrons. The van der Waals surface area contributed by atoms with E-state index in [4.69, 9.17) is 8.75 Å². The Morgan fingerprint density at radius 2 is 0.555 bits per heavy atom. The third-order valence-electron chi connectivity index (χ3n) is 24.3. The van der Waals surface area contributed by atoms with E-state index in [1.807, 2.05) is 18.2 Å². The van der Waals surface area contributed by atoms with E-state index in [-0.39, 0.29) is 5.82 Å². The van der Waals surface area contributed by atoms with Crippen LogP contribution in [-0.2, 0) is 10.8 Å². The quantitative estimate of drug-likeness (QED) is 0.137. The largest absolute Gasteiger partial charge is 0.309 e. The van der Waals surface area contributed by atoms with Crippen molar-refractivity contribution in [3.05, 3.63) is 433 Å². The SMILES string of the molecule is Fc1ccc(-c2ccc(N(c3ccccc3)c3ccc(-c4ccc(-n5c6ccc(-c7ccc(-c8ccc9c(c8)C8(c%10ccccc%10-c%10ccccc%108)c8ccccc8-9)cc7)cc6c6cc(-c7ccc(-c8ccc9c(c8)C8(c%10ccccc%10-c%10ccccc%108)c8ccccc8-9)cc7)ccc65)cc4)c4nsnc34)cc2)cc1. The van der Waals surface area contributed by atoms with Gasteiger partial charge in [-0.05, 0) is 247 Å². The summed E-state index contributed by atoms with van der Waals surface area (Å²) in [5.41, 5.74) is 41.6. The Balaban J connectivity index is 0.618. The van der Waals surface area contributed by atoms with E-state index >= 15 is 0 Å². The zero-order valence-electron chi connectivity index (χ0n) is 59.4. The van der Waals surface area contributed by atoms with Gasteiger partial charge < -0.3 is 9.47 Å². The minimum absolute atomic E-state index is 0.254. The van der Waals surface area contributed by atoms with Gasteiger partial charge in [-0.2, -0.15) is 8.75 Å². The Morgan fingerprint density at radius 3 is 0.982 bits per heavy atom. The predicted molar refractivity (Wildman–Crippen MR) is 452 cm³/mol. The molecule has 0 aliphatic heterocycles. The van der Waals surface area contributed by atoms with E-state index in [2.05, 4.69) is 361 Å². The van der Waals surface area contributed by atoms with Crippen LogP contribution < -0.4 is 4.90 Å². The van der Waals surface area contributed by atoms with Gasteiger partial charge in [-0.25, -0.2) is 4.39 Å². The minimum atomic E-state index is -0.414. The lowest BCUT2D eigenvalue weighted by Crippen LogP contribution is -2.25. The number of benzene rings is 17. The van der Waals surface area contributed by atoms with E-state index in [1.54, 1.807) is 0 Å². The molecular formula is C104H63FN4S. The fourth-order valence-corrected chi connectivity index (χ4v) is 20.0. The van der Waals surface area contributed by atoms with Crippen molar-refractivity contribution < 1.29 is 4.39 Å². The van der Waals surface area contributed by atoms with Crippen molar-refractivity contribution in [3.63, 3.8) is 0 Å². The summed E-state index contributed by atoms with van der Waals surface area (Å²) < 4.78 is 26.4. The second-order valence-corrected chi connectivity index (χ2v) is 30.1. The van der Waals surface area contributed by atoms with Crippen molar-refractivity contribution in [1.82, 2.24) is 13.3 Å². The molecule has 0 saturated carbocycles. The van der Waals surface area contributed by atoms with E-state index in [0.717, 1.165) is 89.3 Å². The molecule has 2 aromatic heterocycles. The van der Waals surface area contributed by atoms with Gasteiger partial charge in [0.1, 0.15) is 16.9 Å². The molecule has 2 heterocycles. The molecule has 0 amide bonds. The summed E-state index contributed by atoms with van der Waals surface area (Å²) in [4.78, 5) is 2.24. The molecule has 6 heteroatoms. The molecule has 4 nitrogen and oxygen atoms in total. The third-order valence-corrected chi connectivity index (χ3v) is 24.8. The summed E-state index contributed by atoms with van der Waals surface area (Å²) in [6.45, 7) is 0. The van der Waals surface area contributed by atoms with Crippen LogP contribution in [0.25, 0.3) is 150 Å². The van der Waals surface area contributed by atoms with Crippen molar-refractivity contribution in [2.45, 2.75) is 10.8 Å². The van der Waals surface area contributed by atoms with Crippen molar-refractivity contribution in [2.75, 3.05) is 4.90 Å². The topological polar surface area (TPSA) is 34.0 Å². The Labute approximate surface area is 640 Å². The molecule has 4 aliphatic rings. The summed E-state index contributed by atoms with van der Waals surface area (Å²) in [6, 6.07) is 140. The first kappa shape index (κ1) is 62.3. The number of anilines is 3. The van der Waals surface area contributed by atoms with Crippen LogP contribution >= 0.6 is 11.7 Å². The Morgan fingerprint density at radius 1 is 0.245 bits per heavy atom. The number of rotatable bonds is 10. The maximum Gasteiger partial charge on any atom is 0.129 e. The number of aromatic nitrogens is 3. The maximum atomic E-state index is 14.0. The molecule has 4 aliphatic carbocycles. The van der Waals surface area contributed by atoms with Gasteiger partial charge in [0.15, 0.2) is 0 Å². The summed E-state index contributed by atoms with van der Waals surface area (Å²) in [7, 11) is 0. The maximum absolute atomic E-state index is 14.0. The molecule has 23 rings (SSSR count). The van der Waals surface area contributed by atoms with Gasteiger partial charge in [0.25, 0.3) is 0 Å². The molecule has 512 valence electrons. The average Bonchev–Trinajstić information content (AvgIpc) is 1.51. The average molecular weight is 1420 g/mol. The van der Waals surface area contributed by atoms with Gasteiger partial charge in [-0.3, -0.25) is 0 Å². The Bertz CT molecular complexity index is 6590. The van der Waals surface area contributed by atoms with Crippen LogP contribution in [0.3, 0.4) is 0 Å². The molecule has 0 atom stereocenters. The van der Waals surface area contributed by atoms with E-state index in [0.29, 0.717) is 0 Å². The van der Waals surface area contributed by atoms with Crippen molar-refractivity contribution in [1.29, 1.82) is 0 Å².